The Labute approximate surface area is 146 Å². The zero-order valence-electron chi connectivity index (χ0n) is 16.2. The number of aliphatic hydroxyl groups is 2. The maximum Gasteiger partial charge on any atom is 0.410 e. The zero-order chi connectivity index (χ0) is 18.4. The van der Waals surface area contributed by atoms with Gasteiger partial charge in [-0.25, -0.2) is 4.79 Å². The number of hydrogen-bond donors (Lipinski definition) is 2. The summed E-state index contributed by atoms with van der Waals surface area (Å²) < 4.78 is 5.47. The summed E-state index contributed by atoms with van der Waals surface area (Å²) in [7, 11) is 0. The lowest BCUT2D eigenvalue weighted by Crippen LogP contribution is -2.57. The van der Waals surface area contributed by atoms with E-state index in [0.717, 1.165) is 6.42 Å². The van der Waals surface area contributed by atoms with Gasteiger partial charge in [0.05, 0.1) is 12.2 Å². The first-order valence-corrected chi connectivity index (χ1v) is 9.13. The van der Waals surface area contributed by atoms with E-state index in [4.69, 9.17) is 4.74 Å². The third kappa shape index (κ3) is 3.88. The molecule has 5 heteroatoms. The van der Waals surface area contributed by atoms with Crippen molar-refractivity contribution < 1.29 is 19.7 Å². The minimum atomic E-state index is -0.945. The van der Waals surface area contributed by atoms with Crippen LogP contribution in [0.4, 0.5) is 4.79 Å². The largest absolute Gasteiger partial charge is 0.444 e. The SMILES string of the molecule is CC1CC(C)(C)CC(O)(C2(CO)CCN(C(=O)OC(C)(C)C)C2)C1. The summed E-state index contributed by atoms with van der Waals surface area (Å²) in [6.45, 7) is 12.8. The molecule has 2 fully saturated rings. The van der Waals surface area contributed by atoms with Crippen LogP contribution in [0.1, 0.15) is 67.2 Å². The molecule has 5 nitrogen and oxygen atoms in total. The Morgan fingerprint density at radius 3 is 2.42 bits per heavy atom. The van der Waals surface area contributed by atoms with Crippen LogP contribution < -0.4 is 0 Å². The number of nitrogens with zero attached hydrogens (tertiary/aromatic N) is 1. The van der Waals surface area contributed by atoms with E-state index < -0.39 is 16.6 Å². The molecule has 0 aromatic heterocycles. The van der Waals surface area contributed by atoms with Crippen LogP contribution in [0.3, 0.4) is 0 Å². The van der Waals surface area contributed by atoms with Crippen molar-refractivity contribution in [3.8, 4) is 0 Å². The van der Waals surface area contributed by atoms with Gasteiger partial charge in [0.15, 0.2) is 0 Å². The summed E-state index contributed by atoms with van der Waals surface area (Å²) in [6.07, 6.45) is 2.67. The van der Waals surface area contributed by atoms with Gasteiger partial charge in [-0.3, -0.25) is 0 Å². The number of carbonyl (C=O) groups excluding carboxylic acids is 1. The number of aliphatic hydroxyl groups excluding tert-OH is 1. The lowest BCUT2D eigenvalue weighted by Gasteiger charge is -2.52. The summed E-state index contributed by atoms with van der Waals surface area (Å²) in [5.74, 6) is 0.401. The molecular weight excluding hydrogens is 306 g/mol. The molecule has 0 aromatic rings. The van der Waals surface area contributed by atoms with Gasteiger partial charge in [0.2, 0.25) is 0 Å². The van der Waals surface area contributed by atoms with Gasteiger partial charge in [0, 0.05) is 18.5 Å². The predicted molar refractivity (Wildman–Crippen MR) is 93.7 cm³/mol. The van der Waals surface area contributed by atoms with E-state index in [0.29, 0.717) is 38.3 Å². The summed E-state index contributed by atoms with van der Waals surface area (Å²) in [4.78, 5) is 14.0. The maximum absolute atomic E-state index is 12.4. The van der Waals surface area contributed by atoms with Crippen molar-refractivity contribution in [2.75, 3.05) is 19.7 Å². The van der Waals surface area contributed by atoms with Crippen LogP contribution in [0.15, 0.2) is 0 Å². The van der Waals surface area contributed by atoms with Crippen molar-refractivity contribution >= 4 is 6.09 Å². The van der Waals surface area contributed by atoms with E-state index in [-0.39, 0.29) is 18.1 Å². The fourth-order valence-corrected chi connectivity index (χ4v) is 4.94. The van der Waals surface area contributed by atoms with Crippen molar-refractivity contribution in [1.82, 2.24) is 4.90 Å². The highest BCUT2D eigenvalue weighted by Gasteiger charge is 2.58. The molecule has 1 saturated heterocycles. The number of likely N-dealkylation sites (tertiary alicyclic amines) is 1. The third-order valence-corrected chi connectivity index (χ3v) is 5.65. The first-order valence-electron chi connectivity index (χ1n) is 9.13. The number of carbonyl (C=O) groups is 1. The first kappa shape index (κ1) is 19.5. The fraction of sp³-hybridized carbons (Fsp3) is 0.947. The minimum absolute atomic E-state index is 0.0356. The molecule has 2 rings (SSSR count). The van der Waals surface area contributed by atoms with Crippen molar-refractivity contribution in [2.45, 2.75) is 78.4 Å². The Morgan fingerprint density at radius 2 is 1.92 bits per heavy atom. The van der Waals surface area contributed by atoms with Crippen LogP contribution in [-0.2, 0) is 4.74 Å². The van der Waals surface area contributed by atoms with Gasteiger partial charge in [-0.1, -0.05) is 20.8 Å². The summed E-state index contributed by atoms with van der Waals surface area (Å²) >= 11 is 0. The van der Waals surface area contributed by atoms with E-state index >= 15 is 0 Å². The molecule has 3 atom stereocenters. The highest BCUT2D eigenvalue weighted by Crippen LogP contribution is 2.54. The normalized spacial score (nSPS) is 36.7. The molecule has 1 aliphatic carbocycles. The molecule has 0 radical (unpaired) electrons. The van der Waals surface area contributed by atoms with Gasteiger partial charge in [0.25, 0.3) is 0 Å². The Hall–Kier alpha value is -0.810. The van der Waals surface area contributed by atoms with E-state index in [2.05, 4.69) is 20.8 Å². The number of ether oxygens (including phenoxy) is 1. The van der Waals surface area contributed by atoms with Crippen LogP contribution in [-0.4, -0.2) is 52.1 Å². The molecule has 140 valence electrons. The lowest BCUT2D eigenvalue weighted by atomic mass is 9.56. The highest BCUT2D eigenvalue weighted by atomic mass is 16.6. The van der Waals surface area contributed by atoms with Crippen molar-refractivity contribution in [3.05, 3.63) is 0 Å². The van der Waals surface area contributed by atoms with Gasteiger partial charge >= 0.3 is 6.09 Å². The zero-order valence-corrected chi connectivity index (χ0v) is 16.2. The molecule has 0 bridgehead atoms. The quantitative estimate of drug-likeness (QED) is 0.809. The number of rotatable bonds is 2. The molecule has 24 heavy (non-hydrogen) atoms. The Balaban J connectivity index is 2.20. The molecule has 0 spiro atoms. The molecular formula is C19H35NO4. The predicted octanol–water partition coefficient (Wildman–Crippen LogP) is 3.18. The maximum atomic E-state index is 12.4. The van der Waals surface area contributed by atoms with Gasteiger partial charge < -0.3 is 19.8 Å². The van der Waals surface area contributed by atoms with Gasteiger partial charge in [-0.15, -0.1) is 0 Å². The second kappa shape index (κ2) is 6.17. The van der Waals surface area contributed by atoms with Gasteiger partial charge in [-0.05, 0) is 57.8 Å². The van der Waals surface area contributed by atoms with E-state index in [1.807, 2.05) is 20.8 Å². The van der Waals surface area contributed by atoms with Crippen LogP contribution in [0.25, 0.3) is 0 Å². The molecule has 1 aliphatic heterocycles. The third-order valence-electron chi connectivity index (χ3n) is 5.65. The number of amides is 1. The smallest absolute Gasteiger partial charge is 0.410 e. The average molecular weight is 341 g/mol. The second-order valence-corrected chi connectivity index (χ2v) is 9.98. The van der Waals surface area contributed by atoms with Crippen LogP contribution in [0.5, 0.6) is 0 Å². The standard InChI is InChI=1S/C19H35NO4/c1-14-9-17(5,6)11-19(23,10-14)18(13-21)7-8-20(12-18)15(22)24-16(2,3)4/h14,21,23H,7-13H2,1-6H3. The van der Waals surface area contributed by atoms with E-state index in [9.17, 15) is 15.0 Å². The average Bonchev–Trinajstić information content (AvgIpc) is 2.79. The Morgan fingerprint density at radius 1 is 1.29 bits per heavy atom. The fourth-order valence-electron chi connectivity index (χ4n) is 4.94. The molecule has 1 saturated carbocycles. The molecule has 2 aliphatic rings. The minimum Gasteiger partial charge on any atom is -0.444 e. The van der Waals surface area contributed by atoms with E-state index in [1.165, 1.54) is 0 Å². The molecule has 1 amide bonds. The van der Waals surface area contributed by atoms with Gasteiger partial charge in [-0.2, -0.15) is 0 Å². The number of hydrogen-bond acceptors (Lipinski definition) is 4. The van der Waals surface area contributed by atoms with Crippen LogP contribution in [0.2, 0.25) is 0 Å². The summed E-state index contributed by atoms with van der Waals surface area (Å²) in [5.41, 5.74) is -2.11. The van der Waals surface area contributed by atoms with E-state index in [1.54, 1.807) is 4.90 Å². The second-order valence-electron chi connectivity index (χ2n) is 9.98. The first-order chi connectivity index (χ1) is 10.8. The molecule has 3 unspecified atom stereocenters. The van der Waals surface area contributed by atoms with Crippen LogP contribution in [0, 0.1) is 16.7 Å². The van der Waals surface area contributed by atoms with Crippen molar-refractivity contribution in [3.63, 3.8) is 0 Å². The monoisotopic (exact) mass is 341 g/mol. The molecule has 0 aromatic carbocycles. The highest BCUT2D eigenvalue weighted by molar-refractivity contribution is 5.68. The van der Waals surface area contributed by atoms with Gasteiger partial charge in [0.1, 0.15) is 5.60 Å². The summed E-state index contributed by atoms with van der Waals surface area (Å²) in [6, 6.07) is 0. The Bertz CT molecular complexity index is 484. The lowest BCUT2D eigenvalue weighted by molar-refractivity contribution is -0.158. The van der Waals surface area contributed by atoms with Crippen molar-refractivity contribution in [2.24, 2.45) is 16.7 Å². The topological polar surface area (TPSA) is 70.0 Å². The summed E-state index contributed by atoms with van der Waals surface area (Å²) in [5, 5.41) is 21.7. The van der Waals surface area contributed by atoms with Crippen LogP contribution >= 0.6 is 0 Å². The molecule has 2 N–H and O–H groups in total. The van der Waals surface area contributed by atoms with Crippen molar-refractivity contribution in [1.29, 1.82) is 0 Å². The molecule has 1 heterocycles. The Kier molecular flexibility index (Phi) is 5.02.